The van der Waals surface area contributed by atoms with E-state index in [2.05, 4.69) is 31.3 Å². The molecule has 94 valence electrons. The highest BCUT2D eigenvalue weighted by Gasteiger charge is 2.22. The lowest BCUT2D eigenvalue weighted by Crippen LogP contribution is -2.51. The van der Waals surface area contributed by atoms with Crippen molar-refractivity contribution in [2.75, 3.05) is 0 Å². The number of hydrogen-bond donors (Lipinski definition) is 3. The second kappa shape index (κ2) is 4.89. The Bertz CT molecular complexity index is 394. The summed E-state index contributed by atoms with van der Waals surface area (Å²) < 4.78 is 0. The number of H-pyrrole nitrogens is 1. The molecule has 8 nitrogen and oxygen atoms in total. The number of amides is 2. The SMILES string of the molecule is CC(NC(=O)c1nn[nH]n1)C(=O)NC(C)(C)C. The van der Waals surface area contributed by atoms with Gasteiger partial charge >= 0.3 is 0 Å². The molecule has 0 aliphatic rings. The van der Waals surface area contributed by atoms with Crippen LogP contribution in [0.3, 0.4) is 0 Å². The van der Waals surface area contributed by atoms with Gasteiger partial charge in [-0.05, 0) is 32.9 Å². The average Bonchev–Trinajstić information content (AvgIpc) is 2.67. The Kier molecular flexibility index (Phi) is 3.77. The molecule has 3 N–H and O–H groups in total. The molecule has 0 saturated heterocycles. The van der Waals surface area contributed by atoms with Gasteiger partial charge in [-0.25, -0.2) is 0 Å². The first-order valence-corrected chi connectivity index (χ1v) is 5.16. The van der Waals surface area contributed by atoms with Crippen LogP contribution in [0.1, 0.15) is 38.3 Å². The van der Waals surface area contributed by atoms with E-state index in [-0.39, 0.29) is 17.3 Å². The highest BCUT2D eigenvalue weighted by atomic mass is 16.2. The summed E-state index contributed by atoms with van der Waals surface area (Å²) in [6, 6.07) is -0.666. The van der Waals surface area contributed by atoms with E-state index in [4.69, 9.17) is 0 Å². The summed E-state index contributed by atoms with van der Waals surface area (Å²) in [5, 5.41) is 17.7. The average molecular weight is 240 g/mol. The summed E-state index contributed by atoms with van der Waals surface area (Å²) >= 11 is 0. The predicted molar refractivity (Wildman–Crippen MR) is 59.0 cm³/mol. The lowest BCUT2D eigenvalue weighted by Gasteiger charge is -2.23. The number of carbonyl (C=O) groups excluding carboxylic acids is 2. The number of aromatic amines is 1. The van der Waals surface area contributed by atoms with Gasteiger partial charge in [-0.3, -0.25) is 9.59 Å². The van der Waals surface area contributed by atoms with E-state index in [0.29, 0.717) is 0 Å². The normalized spacial score (nSPS) is 12.9. The highest BCUT2D eigenvalue weighted by Crippen LogP contribution is 1.99. The maximum Gasteiger partial charge on any atom is 0.293 e. The second-order valence-corrected chi connectivity index (χ2v) is 4.67. The Labute approximate surface area is 98.5 Å². The topological polar surface area (TPSA) is 113 Å². The van der Waals surface area contributed by atoms with E-state index in [1.54, 1.807) is 6.92 Å². The Hall–Kier alpha value is -1.99. The van der Waals surface area contributed by atoms with Crippen LogP contribution < -0.4 is 10.6 Å². The van der Waals surface area contributed by atoms with Gasteiger partial charge in [0.15, 0.2) is 0 Å². The van der Waals surface area contributed by atoms with Crippen molar-refractivity contribution < 1.29 is 9.59 Å². The third kappa shape index (κ3) is 4.17. The first-order chi connectivity index (χ1) is 7.79. The lowest BCUT2D eigenvalue weighted by molar-refractivity contribution is -0.124. The molecule has 0 bridgehead atoms. The van der Waals surface area contributed by atoms with Crippen LogP contribution in [-0.4, -0.2) is 44.0 Å². The molecule has 0 saturated carbocycles. The standard InChI is InChI=1S/C9H16N6O2/c1-5(7(16)11-9(2,3)4)10-8(17)6-12-14-15-13-6/h5H,1-4H3,(H,10,17)(H,11,16)(H,12,13,14,15). The Morgan fingerprint density at radius 3 is 2.47 bits per heavy atom. The first kappa shape index (κ1) is 13.1. The molecule has 8 heteroatoms. The van der Waals surface area contributed by atoms with Gasteiger partial charge in [0.05, 0.1) is 0 Å². The van der Waals surface area contributed by atoms with Gasteiger partial charge in [0.2, 0.25) is 5.91 Å². The molecule has 0 aliphatic carbocycles. The zero-order chi connectivity index (χ0) is 13.1. The number of nitrogens with zero attached hydrogens (tertiary/aromatic N) is 3. The molecule has 0 spiro atoms. The third-order valence-corrected chi connectivity index (χ3v) is 1.79. The fourth-order valence-electron chi connectivity index (χ4n) is 1.06. The maximum atomic E-state index is 11.7. The minimum Gasteiger partial charge on any atom is -0.350 e. The number of carbonyl (C=O) groups is 2. The van der Waals surface area contributed by atoms with Crippen LogP contribution in [-0.2, 0) is 4.79 Å². The number of tetrazole rings is 1. The van der Waals surface area contributed by atoms with Gasteiger partial charge in [-0.1, -0.05) is 0 Å². The van der Waals surface area contributed by atoms with Crippen LogP contribution in [0.2, 0.25) is 0 Å². The van der Waals surface area contributed by atoms with Crippen molar-refractivity contribution in [1.82, 2.24) is 31.3 Å². The molecule has 0 aromatic carbocycles. The molecule has 0 fully saturated rings. The predicted octanol–water partition coefficient (Wildman–Crippen LogP) is -0.767. The molecule has 0 aliphatic heterocycles. The van der Waals surface area contributed by atoms with Gasteiger partial charge in [0.1, 0.15) is 6.04 Å². The van der Waals surface area contributed by atoms with Gasteiger partial charge in [0.25, 0.3) is 11.7 Å². The van der Waals surface area contributed by atoms with Crippen LogP contribution in [0.4, 0.5) is 0 Å². The van der Waals surface area contributed by atoms with E-state index >= 15 is 0 Å². The number of hydrogen-bond acceptors (Lipinski definition) is 5. The number of nitrogens with one attached hydrogen (secondary N) is 3. The molecule has 2 amide bonds. The summed E-state index contributed by atoms with van der Waals surface area (Å²) in [6.07, 6.45) is 0. The van der Waals surface area contributed by atoms with Crippen LogP contribution >= 0.6 is 0 Å². The summed E-state index contributed by atoms with van der Waals surface area (Å²) in [6.45, 7) is 7.16. The van der Waals surface area contributed by atoms with Crippen LogP contribution in [0.5, 0.6) is 0 Å². The first-order valence-electron chi connectivity index (χ1n) is 5.16. The van der Waals surface area contributed by atoms with Crippen LogP contribution in [0.25, 0.3) is 0 Å². The minimum atomic E-state index is -0.666. The molecule has 1 aromatic rings. The number of rotatable bonds is 3. The summed E-state index contributed by atoms with van der Waals surface area (Å²) in [4.78, 5) is 23.2. The van der Waals surface area contributed by atoms with Gasteiger partial charge in [0, 0.05) is 5.54 Å². The minimum absolute atomic E-state index is 0.0968. The van der Waals surface area contributed by atoms with Crippen molar-refractivity contribution in [1.29, 1.82) is 0 Å². The Balaban J connectivity index is 2.52. The maximum absolute atomic E-state index is 11.7. The molecule has 1 rings (SSSR count). The molecule has 1 unspecified atom stereocenters. The molecular weight excluding hydrogens is 224 g/mol. The highest BCUT2D eigenvalue weighted by molar-refractivity contribution is 5.94. The summed E-state index contributed by atoms with van der Waals surface area (Å²) in [5.41, 5.74) is -0.345. The quantitative estimate of drug-likeness (QED) is 0.642. The Morgan fingerprint density at radius 2 is 2.00 bits per heavy atom. The zero-order valence-electron chi connectivity index (χ0n) is 10.2. The van der Waals surface area contributed by atoms with E-state index in [0.717, 1.165) is 0 Å². The molecule has 1 atom stereocenters. The number of aromatic nitrogens is 4. The zero-order valence-corrected chi connectivity index (χ0v) is 10.2. The fourth-order valence-corrected chi connectivity index (χ4v) is 1.06. The van der Waals surface area contributed by atoms with Gasteiger partial charge in [-0.2, -0.15) is 5.21 Å². The molecule has 1 heterocycles. The van der Waals surface area contributed by atoms with Crippen molar-refractivity contribution in [2.45, 2.75) is 39.3 Å². The van der Waals surface area contributed by atoms with Crippen molar-refractivity contribution >= 4 is 11.8 Å². The lowest BCUT2D eigenvalue weighted by atomic mass is 10.1. The molecular formula is C9H16N6O2. The van der Waals surface area contributed by atoms with E-state index in [9.17, 15) is 9.59 Å². The van der Waals surface area contributed by atoms with Crippen molar-refractivity contribution in [2.24, 2.45) is 0 Å². The van der Waals surface area contributed by atoms with E-state index < -0.39 is 11.9 Å². The molecule has 17 heavy (non-hydrogen) atoms. The van der Waals surface area contributed by atoms with E-state index in [1.165, 1.54) is 0 Å². The largest absolute Gasteiger partial charge is 0.350 e. The second-order valence-electron chi connectivity index (χ2n) is 4.67. The monoisotopic (exact) mass is 240 g/mol. The smallest absolute Gasteiger partial charge is 0.293 e. The van der Waals surface area contributed by atoms with Crippen molar-refractivity contribution in [3.8, 4) is 0 Å². The van der Waals surface area contributed by atoms with Gasteiger partial charge < -0.3 is 10.6 Å². The fraction of sp³-hybridized carbons (Fsp3) is 0.667. The van der Waals surface area contributed by atoms with Crippen LogP contribution in [0, 0.1) is 0 Å². The third-order valence-electron chi connectivity index (χ3n) is 1.79. The van der Waals surface area contributed by atoms with Crippen molar-refractivity contribution in [3.05, 3.63) is 5.82 Å². The Morgan fingerprint density at radius 1 is 1.35 bits per heavy atom. The molecule has 1 aromatic heterocycles. The summed E-state index contributed by atoms with van der Waals surface area (Å²) in [7, 11) is 0. The van der Waals surface area contributed by atoms with E-state index in [1.807, 2.05) is 20.8 Å². The van der Waals surface area contributed by atoms with Crippen LogP contribution in [0.15, 0.2) is 0 Å². The van der Waals surface area contributed by atoms with Gasteiger partial charge in [-0.15, -0.1) is 10.2 Å². The summed E-state index contributed by atoms with van der Waals surface area (Å²) in [5.74, 6) is -0.912. The molecule has 0 radical (unpaired) electrons. The van der Waals surface area contributed by atoms with Crippen molar-refractivity contribution in [3.63, 3.8) is 0 Å².